The molecule has 1 aromatic carbocycles. The minimum atomic E-state index is 1.08. The maximum atomic E-state index is 3.72. The topological polar surface area (TPSA) is 3.24 Å². The number of hydrogen-bond acceptors (Lipinski definition) is 2. The SMILES string of the molecule is Cc1cc(Br)cc(Br)c1N1CSC2=C1CCCC2. The number of nitrogens with zero attached hydrogens (tertiary/aromatic N) is 1. The molecule has 1 aliphatic carbocycles. The van der Waals surface area contributed by atoms with Crippen molar-refractivity contribution in [3.05, 3.63) is 37.2 Å². The molecule has 1 heterocycles. The molecular formula is C14H15Br2NS. The number of hydrogen-bond donors (Lipinski definition) is 0. The lowest BCUT2D eigenvalue weighted by molar-refractivity contribution is 0.683. The van der Waals surface area contributed by atoms with Crippen LogP contribution in [-0.4, -0.2) is 5.88 Å². The first-order valence-corrected chi connectivity index (χ1v) is 8.82. The van der Waals surface area contributed by atoms with Crippen molar-refractivity contribution in [2.45, 2.75) is 32.6 Å². The van der Waals surface area contributed by atoms with E-state index in [4.69, 9.17) is 0 Å². The van der Waals surface area contributed by atoms with Crippen molar-refractivity contribution in [3.8, 4) is 0 Å². The summed E-state index contributed by atoms with van der Waals surface area (Å²) in [6.45, 7) is 2.19. The number of rotatable bonds is 1. The smallest absolute Gasteiger partial charge is 0.0729 e. The second-order valence-electron chi connectivity index (χ2n) is 4.83. The number of allylic oxidation sites excluding steroid dienone is 2. The largest absolute Gasteiger partial charge is 0.333 e. The number of halogens is 2. The molecule has 0 fully saturated rings. The van der Waals surface area contributed by atoms with E-state index in [1.807, 2.05) is 11.8 Å². The Labute approximate surface area is 129 Å². The normalized spacial score (nSPS) is 19.4. The summed E-state index contributed by atoms with van der Waals surface area (Å²) in [5, 5.41) is 0. The molecule has 0 atom stereocenters. The highest BCUT2D eigenvalue weighted by atomic mass is 79.9. The molecule has 0 radical (unpaired) electrons. The van der Waals surface area contributed by atoms with Crippen molar-refractivity contribution in [2.75, 3.05) is 10.8 Å². The van der Waals surface area contributed by atoms with Gasteiger partial charge in [-0.05, 0) is 66.2 Å². The molecule has 1 aromatic rings. The highest BCUT2D eigenvalue weighted by molar-refractivity contribution is 9.11. The first kappa shape index (κ1) is 13.1. The van der Waals surface area contributed by atoms with Gasteiger partial charge in [0.2, 0.25) is 0 Å². The molecule has 0 bridgehead atoms. The Hall–Kier alpha value is 0.0700. The van der Waals surface area contributed by atoms with Gasteiger partial charge in [0.15, 0.2) is 0 Å². The zero-order valence-corrected chi connectivity index (χ0v) is 14.3. The van der Waals surface area contributed by atoms with E-state index in [0.717, 1.165) is 10.3 Å². The van der Waals surface area contributed by atoms with E-state index in [1.54, 1.807) is 10.6 Å². The maximum Gasteiger partial charge on any atom is 0.0729 e. The van der Waals surface area contributed by atoms with E-state index in [0.29, 0.717) is 0 Å². The summed E-state index contributed by atoms with van der Waals surface area (Å²) in [7, 11) is 0. The van der Waals surface area contributed by atoms with E-state index in [1.165, 1.54) is 41.4 Å². The summed E-state index contributed by atoms with van der Waals surface area (Å²) < 4.78 is 2.33. The second-order valence-corrected chi connectivity index (χ2v) is 7.64. The first-order valence-electron chi connectivity index (χ1n) is 6.25. The predicted molar refractivity (Wildman–Crippen MR) is 87.0 cm³/mol. The molecule has 0 amide bonds. The molecule has 0 unspecified atom stereocenters. The minimum Gasteiger partial charge on any atom is -0.333 e. The lowest BCUT2D eigenvalue weighted by Crippen LogP contribution is -2.20. The Balaban J connectivity index is 2.04. The van der Waals surface area contributed by atoms with Gasteiger partial charge < -0.3 is 4.90 Å². The van der Waals surface area contributed by atoms with Gasteiger partial charge in [-0.1, -0.05) is 15.9 Å². The Morgan fingerprint density at radius 1 is 1.17 bits per heavy atom. The van der Waals surface area contributed by atoms with Crippen LogP contribution in [0.4, 0.5) is 5.69 Å². The van der Waals surface area contributed by atoms with Crippen molar-refractivity contribution in [1.29, 1.82) is 0 Å². The Morgan fingerprint density at radius 2 is 1.94 bits per heavy atom. The van der Waals surface area contributed by atoms with E-state index in [9.17, 15) is 0 Å². The molecule has 1 aliphatic heterocycles. The molecule has 96 valence electrons. The average Bonchev–Trinajstić information content (AvgIpc) is 2.72. The molecular weight excluding hydrogens is 374 g/mol. The van der Waals surface area contributed by atoms with E-state index in [-0.39, 0.29) is 0 Å². The molecule has 1 nitrogen and oxygen atoms in total. The van der Waals surface area contributed by atoms with Crippen LogP contribution in [0.3, 0.4) is 0 Å². The standard InChI is InChI=1S/C14H15Br2NS/c1-9-6-10(15)7-11(16)14(9)17-8-18-13-5-3-2-4-12(13)17/h6-7H,2-5,8H2,1H3. The third-order valence-electron chi connectivity index (χ3n) is 3.57. The summed E-state index contributed by atoms with van der Waals surface area (Å²) in [6.07, 6.45) is 5.22. The highest BCUT2D eigenvalue weighted by Gasteiger charge is 2.28. The Kier molecular flexibility index (Phi) is 3.79. The highest BCUT2D eigenvalue weighted by Crippen LogP contribution is 2.46. The van der Waals surface area contributed by atoms with Crippen molar-refractivity contribution >= 4 is 49.3 Å². The van der Waals surface area contributed by atoms with Crippen LogP contribution in [-0.2, 0) is 0 Å². The fraction of sp³-hybridized carbons (Fsp3) is 0.429. The van der Waals surface area contributed by atoms with Crippen LogP contribution in [0, 0.1) is 6.92 Å². The lowest BCUT2D eigenvalue weighted by atomic mass is 10.0. The van der Waals surface area contributed by atoms with Gasteiger partial charge in [-0.15, -0.1) is 11.8 Å². The van der Waals surface area contributed by atoms with Crippen LogP contribution < -0.4 is 4.90 Å². The number of thioether (sulfide) groups is 1. The van der Waals surface area contributed by atoms with Gasteiger partial charge in [-0.2, -0.15) is 0 Å². The van der Waals surface area contributed by atoms with Gasteiger partial charge in [-0.3, -0.25) is 0 Å². The molecule has 4 heteroatoms. The van der Waals surface area contributed by atoms with Crippen LogP contribution in [0.5, 0.6) is 0 Å². The summed E-state index contributed by atoms with van der Waals surface area (Å²) in [5.41, 5.74) is 4.24. The van der Waals surface area contributed by atoms with E-state index >= 15 is 0 Å². The molecule has 3 rings (SSSR count). The summed E-state index contributed by atoms with van der Waals surface area (Å²) in [5.74, 6) is 1.08. The van der Waals surface area contributed by atoms with Gasteiger partial charge >= 0.3 is 0 Å². The second kappa shape index (κ2) is 5.22. The van der Waals surface area contributed by atoms with Crippen molar-refractivity contribution in [2.24, 2.45) is 0 Å². The van der Waals surface area contributed by atoms with Crippen LogP contribution in [0.25, 0.3) is 0 Å². The minimum absolute atomic E-state index is 1.08. The predicted octanol–water partition coefficient (Wildman–Crippen LogP) is 5.82. The van der Waals surface area contributed by atoms with Crippen molar-refractivity contribution in [3.63, 3.8) is 0 Å². The molecule has 0 N–H and O–H groups in total. The van der Waals surface area contributed by atoms with E-state index < -0.39 is 0 Å². The van der Waals surface area contributed by atoms with E-state index in [2.05, 4.69) is 55.8 Å². The number of anilines is 1. The van der Waals surface area contributed by atoms with Gasteiger partial charge in [0.05, 0.1) is 11.6 Å². The Morgan fingerprint density at radius 3 is 2.72 bits per heavy atom. The molecule has 0 saturated heterocycles. The average molecular weight is 389 g/mol. The van der Waals surface area contributed by atoms with Crippen molar-refractivity contribution < 1.29 is 0 Å². The van der Waals surface area contributed by atoms with Gasteiger partial charge in [0.1, 0.15) is 0 Å². The molecule has 0 aromatic heterocycles. The lowest BCUT2D eigenvalue weighted by Gasteiger charge is -2.26. The van der Waals surface area contributed by atoms with Gasteiger partial charge in [-0.25, -0.2) is 0 Å². The summed E-state index contributed by atoms with van der Waals surface area (Å²) in [4.78, 5) is 4.13. The fourth-order valence-corrected chi connectivity index (χ4v) is 5.65. The van der Waals surface area contributed by atoms with Crippen LogP contribution in [0.2, 0.25) is 0 Å². The molecule has 18 heavy (non-hydrogen) atoms. The fourth-order valence-electron chi connectivity index (χ4n) is 2.76. The monoisotopic (exact) mass is 387 g/mol. The van der Waals surface area contributed by atoms with Gasteiger partial charge in [0.25, 0.3) is 0 Å². The first-order chi connectivity index (χ1) is 8.66. The molecule has 0 saturated carbocycles. The third kappa shape index (κ3) is 2.27. The van der Waals surface area contributed by atoms with Crippen LogP contribution in [0.1, 0.15) is 31.2 Å². The van der Waals surface area contributed by atoms with Crippen LogP contribution >= 0.6 is 43.6 Å². The van der Waals surface area contributed by atoms with Crippen molar-refractivity contribution in [1.82, 2.24) is 0 Å². The number of aryl methyl sites for hydroxylation is 1. The summed E-state index contributed by atoms with van der Waals surface area (Å²) >= 11 is 9.30. The molecule has 2 aliphatic rings. The number of benzene rings is 1. The zero-order valence-electron chi connectivity index (χ0n) is 10.3. The third-order valence-corrected chi connectivity index (χ3v) is 5.81. The molecule has 0 spiro atoms. The maximum absolute atomic E-state index is 3.72. The zero-order chi connectivity index (χ0) is 12.7. The summed E-state index contributed by atoms with van der Waals surface area (Å²) in [6, 6.07) is 4.35. The van der Waals surface area contributed by atoms with Crippen LogP contribution in [0.15, 0.2) is 31.7 Å². The quantitative estimate of drug-likeness (QED) is 0.596. The Bertz CT molecular complexity index is 502. The van der Waals surface area contributed by atoms with Gasteiger partial charge in [0, 0.05) is 19.5 Å².